The van der Waals surface area contributed by atoms with Crippen molar-refractivity contribution in [3.05, 3.63) is 30.3 Å². The van der Waals surface area contributed by atoms with Gasteiger partial charge in [-0.05, 0) is 45.9 Å². The second-order valence-corrected chi connectivity index (χ2v) is 6.55. The first kappa shape index (κ1) is 17.3. The van der Waals surface area contributed by atoms with Crippen LogP contribution in [-0.4, -0.2) is 61.5 Å². The van der Waals surface area contributed by atoms with Gasteiger partial charge in [-0.2, -0.15) is 0 Å². The van der Waals surface area contributed by atoms with Crippen LogP contribution in [0, 0.1) is 0 Å². The van der Waals surface area contributed by atoms with E-state index in [9.17, 15) is 5.11 Å². The van der Waals surface area contributed by atoms with Crippen molar-refractivity contribution in [2.45, 2.75) is 44.9 Å². The van der Waals surface area contributed by atoms with Crippen LogP contribution in [0.3, 0.4) is 0 Å². The molecule has 1 aromatic carbocycles. The molecule has 2 atom stereocenters. The van der Waals surface area contributed by atoms with Crippen LogP contribution < -0.4 is 4.90 Å². The number of aliphatic hydroxyl groups excluding tert-OH is 1. The Balaban J connectivity index is 1.83. The van der Waals surface area contributed by atoms with E-state index in [1.54, 1.807) is 0 Å². The first-order chi connectivity index (χ1) is 10.6. The first-order valence-electron chi connectivity index (χ1n) is 8.36. The third-order valence-corrected chi connectivity index (χ3v) is 4.26. The van der Waals surface area contributed by atoms with E-state index in [1.807, 2.05) is 13.8 Å². The predicted molar refractivity (Wildman–Crippen MR) is 91.4 cm³/mol. The average Bonchev–Trinajstić information content (AvgIpc) is 2.54. The molecule has 1 fully saturated rings. The average molecular weight is 306 g/mol. The summed E-state index contributed by atoms with van der Waals surface area (Å²) in [5.74, 6) is 0. The topological polar surface area (TPSA) is 35.9 Å². The van der Waals surface area contributed by atoms with Crippen molar-refractivity contribution < 1.29 is 9.84 Å². The Morgan fingerprint density at radius 2 is 2.05 bits per heavy atom. The lowest BCUT2D eigenvalue weighted by Gasteiger charge is -2.39. The lowest BCUT2D eigenvalue weighted by molar-refractivity contribution is -0.0108. The van der Waals surface area contributed by atoms with Gasteiger partial charge in [0, 0.05) is 31.4 Å². The summed E-state index contributed by atoms with van der Waals surface area (Å²) < 4.78 is 5.50. The van der Waals surface area contributed by atoms with Crippen molar-refractivity contribution >= 4 is 5.69 Å². The summed E-state index contributed by atoms with van der Waals surface area (Å²) in [5, 5.41) is 10.1. The molecule has 1 aromatic rings. The van der Waals surface area contributed by atoms with Gasteiger partial charge in [0.05, 0.1) is 18.8 Å². The standard InChI is InChI=1S/C18H30N2O2/c1-15(2)22-14-18(21)13-19(3)17-10-7-11-20(12-17)16-8-5-4-6-9-16/h4-6,8-9,15,17-18,21H,7,10-14H2,1-3H3/t17-,18-/m1/s1. The summed E-state index contributed by atoms with van der Waals surface area (Å²) in [6.45, 7) is 7.22. The van der Waals surface area contributed by atoms with E-state index in [2.05, 4.69) is 47.2 Å². The third kappa shape index (κ3) is 5.27. The summed E-state index contributed by atoms with van der Waals surface area (Å²) >= 11 is 0. The molecule has 1 N–H and O–H groups in total. The molecule has 124 valence electrons. The minimum atomic E-state index is -0.417. The number of likely N-dealkylation sites (N-methyl/N-ethyl adjacent to an activating group) is 1. The molecular weight excluding hydrogens is 276 g/mol. The van der Waals surface area contributed by atoms with E-state index in [-0.39, 0.29) is 6.10 Å². The van der Waals surface area contributed by atoms with E-state index >= 15 is 0 Å². The van der Waals surface area contributed by atoms with Gasteiger partial charge >= 0.3 is 0 Å². The third-order valence-electron chi connectivity index (χ3n) is 4.26. The molecule has 0 spiro atoms. The molecule has 1 aliphatic heterocycles. The van der Waals surface area contributed by atoms with Gasteiger partial charge in [-0.15, -0.1) is 0 Å². The maximum absolute atomic E-state index is 10.1. The number of rotatable bonds is 7. The van der Waals surface area contributed by atoms with Crippen molar-refractivity contribution in [1.29, 1.82) is 0 Å². The SMILES string of the molecule is CC(C)OC[C@H](O)CN(C)[C@@H]1CCCN(c2ccccc2)C1. The Morgan fingerprint density at radius 3 is 2.73 bits per heavy atom. The summed E-state index contributed by atoms with van der Waals surface area (Å²) in [4.78, 5) is 4.73. The minimum Gasteiger partial charge on any atom is -0.389 e. The normalized spacial score (nSPS) is 20.6. The molecule has 1 aliphatic rings. The number of ether oxygens (including phenoxy) is 1. The van der Waals surface area contributed by atoms with Crippen LogP contribution in [0.25, 0.3) is 0 Å². The lowest BCUT2D eigenvalue weighted by Crippen LogP contribution is -2.49. The van der Waals surface area contributed by atoms with Gasteiger partial charge in [0.1, 0.15) is 0 Å². The fourth-order valence-electron chi connectivity index (χ4n) is 3.03. The van der Waals surface area contributed by atoms with Gasteiger partial charge in [-0.1, -0.05) is 18.2 Å². The molecule has 0 aliphatic carbocycles. The van der Waals surface area contributed by atoms with Crippen molar-refractivity contribution in [2.24, 2.45) is 0 Å². The highest BCUT2D eigenvalue weighted by Crippen LogP contribution is 2.21. The zero-order chi connectivity index (χ0) is 15.9. The fourth-order valence-corrected chi connectivity index (χ4v) is 3.03. The van der Waals surface area contributed by atoms with Crippen LogP contribution in [-0.2, 0) is 4.74 Å². The molecule has 0 bridgehead atoms. The zero-order valence-electron chi connectivity index (χ0n) is 14.1. The van der Waals surface area contributed by atoms with Gasteiger partial charge < -0.3 is 14.7 Å². The van der Waals surface area contributed by atoms with Crippen molar-refractivity contribution in [1.82, 2.24) is 4.90 Å². The Kier molecular flexibility index (Phi) is 6.68. The molecule has 0 aromatic heterocycles. The molecule has 1 heterocycles. The number of anilines is 1. The molecule has 2 rings (SSSR count). The van der Waals surface area contributed by atoms with Crippen molar-refractivity contribution in [3.63, 3.8) is 0 Å². The predicted octanol–water partition coefficient (Wildman–Crippen LogP) is 2.37. The summed E-state index contributed by atoms with van der Waals surface area (Å²) in [6, 6.07) is 11.1. The molecule has 4 nitrogen and oxygen atoms in total. The highest BCUT2D eigenvalue weighted by atomic mass is 16.5. The number of benzene rings is 1. The van der Waals surface area contributed by atoms with Crippen molar-refractivity contribution in [2.75, 3.05) is 38.2 Å². The van der Waals surface area contributed by atoms with E-state index in [0.717, 1.165) is 13.1 Å². The Hall–Kier alpha value is -1.10. The number of hydrogen-bond acceptors (Lipinski definition) is 4. The molecule has 1 saturated heterocycles. The van der Waals surface area contributed by atoms with E-state index in [0.29, 0.717) is 19.2 Å². The summed E-state index contributed by atoms with van der Waals surface area (Å²) in [5.41, 5.74) is 1.30. The first-order valence-corrected chi connectivity index (χ1v) is 8.36. The van der Waals surface area contributed by atoms with Crippen LogP contribution in [0.4, 0.5) is 5.69 Å². The highest BCUT2D eigenvalue weighted by molar-refractivity contribution is 5.46. The molecular formula is C18H30N2O2. The second-order valence-electron chi connectivity index (χ2n) is 6.55. The molecule has 0 amide bonds. The molecule has 4 heteroatoms. The Morgan fingerprint density at radius 1 is 1.32 bits per heavy atom. The van der Waals surface area contributed by atoms with Crippen LogP contribution in [0.15, 0.2) is 30.3 Å². The van der Waals surface area contributed by atoms with Gasteiger partial charge in [0.25, 0.3) is 0 Å². The van der Waals surface area contributed by atoms with Gasteiger partial charge in [0.15, 0.2) is 0 Å². The quantitative estimate of drug-likeness (QED) is 0.839. The van der Waals surface area contributed by atoms with Crippen LogP contribution in [0.2, 0.25) is 0 Å². The second kappa shape index (κ2) is 8.51. The van der Waals surface area contributed by atoms with E-state index < -0.39 is 6.10 Å². The monoisotopic (exact) mass is 306 g/mol. The van der Waals surface area contributed by atoms with Gasteiger partial charge in [-0.3, -0.25) is 4.90 Å². The van der Waals surface area contributed by atoms with Crippen LogP contribution in [0.5, 0.6) is 0 Å². The summed E-state index contributed by atoms with van der Waals surface area (Å²) in [6.07, 6.45) is 2.14. The molecule has 22 heavy (non-hydrogen) atoms. The van der Waals surface area contributed by atoms with Gasteiger partial charge in [-0.25, -0.2) is 0 Å². The van der Waals surface area contributed by atoms with Gasteiger partial charge in [0.2, 0.25) is 0 Å². The van der Waals surface area contributed by atoms with Crippen molar-refractivity contribution in [3.8, 4) is 0 Å². The largest absolute Gasteiger partial charge is 0.389 e. The maximum Gasteiger partial charge on any atom is 0.0900 e. The van der Waals surface area contributed by atoms with Crippen LogP contribution in [0.1, 0.15) is 26.7 Å². The summed E-state index contributed by atoms with van der Waals surface area (Å²) in [7, 11) is 2.11. The number of nitrogens with zero attached hydrogens (tertiary/aromatic N) is 2. The number of hydrogen-bond donors (Lipinski definition) is 1. The minimum absolute atomic E-state index is 0.170. The zero-order valence-corrected chi connectivity index (χ0v) is 14.1. The van der Waals surface area contributed by atoms with E-state index in [4.69, 9.17) is 4.74 Å². The van der Waals surface area contributed by atoms with E-state index in [1.165, 1.54) is 18.5 Å². The highest BCUT2D eigenvalue weighted by Gasteiger charge is 2.24. The Labute approximate surface area is 134 Å². The number of aliphatic hydroxyl groups is 1. The number of piperidine rings is 1. The lowest BCUT2D eigenvalue weighted by atomic mass is 10.0. The maximum atomic E-state index is 10.1. The molecule has 0 radical (unpaired) electrons. The Bertz CT molecular complexity index is 424. The molecule has 0 unspecified atom stereocenters. The smallest absolute Gasteiger partial charge is 0.0900 e. The van der Waals surface area contributed by atoms with Crippen LogP contribution >= 0.6 is 0 Å². The molecule has 0 saturated carbocycles. The number of para-hydroxylation sites is 1. The fraction of sp³-hybridized carbons (Fsp3) is 0.667.